The summed E-state index contributed by atoms with van der Waals surface area (Å²) >= 11 is 0. The SMILES string of the molecule is CCC1=CC(NC(=O)NCCF)CCC1. The molecule has 0 radical (unpaired) electrons. The van der Waals surface area contributed by atoms with Gasteiger partial charge in [0.25, 0.3) is 0 Å². The molecule has 0 aromatic heterocycles. The fourth-order valence-electron chi connectivity index (χ4n) is 1.79. The van der Waals surface area contributed by atoms with Crippen molar-refractivity contribution in [1.29, 1.82) is 0 Å². The average Bonchev–Trinajstić information content (AvgIpc) is 2.26. The first-order valence-electron chi connectivity index (χ1n) is 5.56. The van der Waals surface area contributed by atoms with Crippen LogP contribution < -0.4 is 10.6 Å². The molecule has 4 heteroatoms. The van der Waals surface area contributed by atoms with E-state index in [-0.39, 0.29) is 18.6 Å². The van der Waals surface area contributed by atoms with E-state index in [9.17, 15) is 9.18 Å². The molecule has 0 aromatic carbocycles. The van der Waals surface area contributed by atoms with Gasteiger partial charge in [0.15, 0.2) is 0 Å². The van der Waals surface area contributed by atoms with E-state index in [1.807, 2.05) is 0 Å². The van der Waals surface area contributed by atoms with Crippen LogP contribution >= 0.6 is 0 Å². The Morgan fingerprint density at radius 2 is 2.47 bits per heavy atom. The van der Waals surface area contributed by atoms with Gasteiger partial charge in [0.2, 0.25) is 0 Å². The molecule has 0 heterocycles. The highest BCUT2D eigenvalue weighted by Gasteiger charge is 2.14. The standard InChI is InChI=1S/C11H19FN2O/c1-2-9-4-3-5-10(8-9)14-11(15)13-7-6-12/h8,10H,2-7H2,1H3,(H2,13,14,15). The van der Waals surface area contributed by atoms with Gasteiger partial charge in [-0.1, -0.05) is 18.6 Å². The number of carbonyl (C=O) groups is 1. The molecule has 1 rings (SSSR count). The van der Waals surface area contributed by atoms with E-state index in [0.717, 1.165) is 25.7 Å². The van der Waals surface area contributed by atoms with Crippen molar-refractivity contribution in [1.82, 2.24) is 10.6 Å². The molecule has 0 aromatic rings. The van der Waals surface area contributed by atoms with E-state index in [0.29, 0.717) is 0 Å². The Hall–Kier alpha value is -1.06. The van der Waals surface area contributed by atoms with Crippen LogP contribution in [0.5, 0.6) is 0 Å². The zero-order valence-electron chi connectivity index (χ0n) is 9.18. The van der Waals surface area contributed by atoms with Crippen LogP contribution in [-0.2, 0) is 0 Å². The molecule has 0 saturated carbocycles. The largest absolute Gasteiger partial charge is 0.336 e. The predicted octanol–water partition coefficient (Wildman–Crippen LogP) is 2.14. The lowest BCUT2D eigenvalue weighted by atomic mass is 9.94. The first-order chi connectivity index (χ1) is 7.26. The third-order valence-corrected chi connectivity index (χ3v) is 2.60. The van der Waals surface area contributed by atoms with Crippen molar-refractivity contribution >= 4 is 6.03 Å². The number of carbonyl (C=O) groups excluding carboxylic acids is 1. The van der Waals surface area contributed by atoms with Crippen LogP contribution in [0.15, 0.2) is 11.6 Å². The highest BCUT2D eigenvalue weighted by atomic mass is 19.1. The molecule has 1 unspecified atom stereocenters. The van der Waals surface area contributed by atoms with Gasteiger partial charge in [-0.05, 0) is 25.7 Å². The summed E-state index contributed by atoms with van der Waals surface area (Å²) in [5.41, 5.74) is 1.40. The van der Waals surface area contributed by atoms with Crippen molar-refractivity contribution in [3.05, 3.63) is 11.6 Å². The van der Waals surface area contributed by atoms with Crippen molar-refractivity contribution in [2.75, 3.05) is 13.2 Å². The number of hydrogen-bond acceptors (Lipinski definition) is 1. The summed E-state index contributed by atoms with van der Waals surface area (Å²) in [5, 5.41) is 5.28. The van der Waals surface area contributed by atoms with E-state index in [1.165, 1.54) is 5.57 Å². The molecule has 2 amide bonds. The summed E-state index contributed by atoms with van der Waals surface area (Å²) in [4.78, 5) is 11.2. The molecular weight excluding hydrogens is 195 g/mol. The lowest BCUT2D eigenvalue weighted by molar-refractivity contribution is 0.237. The van der Waals surface area contributed by atoms with Crippen LogP contribution in [0.4, 0.5) is 9.18 Å². The Bertz CT molecular complexity index is 241. The van der Waals surface area contributed by atoms with Crippen molar-refractivity contribution in [3.63, 3.8) is 0 Å². The van der Waals surface area contributed by atoms with Gasteiger partial charge in [-0.15, -0.1) is 0 Å². The summed E-state index contributed by atoms with van der Waals surface area (Å²) in [6, 6.07) is -0.153. The maximum absolute atomic E-state index is 11.8. The van der Waals surface area contributed by atoms with Crippen molar-refractivity contribution < 1.29 is 9.18 Å². The summed E-state index contributed by atoms with van der Waals surface area (Å²) in [6.07, 6.45) is 6.41. The maximum atomic E-state index is 11.8. The molecule has 0 aliphatic heterocycles. The summed E-state index contributed by atoms with van der Waals surface area (Å²) in [6.45, 7) is 1.69. The molecule has 1 aliphatic carbocycles. The molecule has 86 valence electrons. The normalized spacial score (nSPS) is 20.7. The molecule has 2 N–H and O–H groups in total. The summed E-state index contributed by atoms with van der Waals surface area (Å²) in [5.74, 6) is 0. The van der Waals surface area contributed by atoms with E-state index < -0.39 is 6.67 Å². The Morgan fingerprint density at radius 1 is 1.67 bits per heavy atom. The van der Waals surface area contributed by atoms with Crippen molar-refractivity contribution in [2.45, 2.75) is 38.6 Å². The van der Waals surface area contributed by atoms with Crippen molar-refractivity contribution in [3.8, 4) is 0 Å². The van der Waals surface area contributed by atoms with Gasteiger partial charge in [0.05, 0.1) is 0 Å². The van der Waals surface area contributed by atoms with Gasteiger partial charge in [0.1, 0.15) is 6.67 Å². The molecule has 3 nitrogen and oxygen atoms in total. The molecule has 0 saturated heterocycles. The topological polar surface area (TPSA) is 41.1 Å². The van der Waals surface area contributed by atoms with Gasteiger partial charge in [-0.25, -0.2) is 9.18 Å². The van der Waals surface area contributed by atoms with Crippen LogP contribution in [0.2, 0.25) is 0 Å². The molecule has 1 aliphatic rings. The highest BCUT2D eigenvalue weighted by Crippen LogP contribution is 2.19. The Morgan fingerprint density at radius 3 is 3.13 bits per heavy atom. The van der Waals surface area contributed by atoms with E-state index in [4.69, 9.17) is 0 Å². The number of alkyl halides is 1. The van der Waals surface area contributed by atoms with Gasteiger partial charge in [-0.3, -0.25) is 0 Å². The lowest BCUT2D eigenvalue weighted by Gasteiger charge is -2.21. The smallest absolute Gasteiger partial charge is 0.315 e. The quantitative estimate of drug-likeness (QED) is 0.692. The number of nitrogens with one attached hydrogen (secondary N) is 2. The number of urea groups is 1. The zero-order valence-corrected chi connectivity index (χ0v) is 9.18. The van der Waals surface area contributed by atoms with Crippen LogP contribution in [0.3, 0.4) is 0 Å². The molecule has 0 bridgehead atoms. The monoisotopic (exact) mass is 214 g/mol. The highest BCUT2D eigenvalue weighted by molar-refractivity contribution is 5.74. The summed E-state index contributed by atoms with van der Waals surface area (Å²) in [7, 11) is 0. The minimum atomic E-state index is -0.520. The van der Waals surface area contributed by atoms with Crippen LogP contribution in [-0.4, -0.2) is 25.3 Å². The fourth-order valence-corrected chi connectivity index (χ4v) is 1.79. The van der Waals surface area contributed by atoms with Gasteiger partial charge in [0, 0.05) is 12.6 Å². The second-order valence-electron chi connectivity index (χ2n) is 3.77. The number of halogens is 1. The van der Waals surface area contributed by atoms with Crippen molar-refractivity contribution in [2.24, 2.45) is 0 Å². The van der Waals surface area contributed by atoms with Crippen LogP contribution in [0.1, 0.15) is 32.6 Å². The van der Waals surface area contributed by atoms with Crippen LogP contribution in [0, 0.1) is 0 Å². The Kier molecular flexibility index (Phi) is 5.15. The second-order valence-corrected chi connectivity index (χ2v) is 3.77. The molecule has 0 fully saturated rings. The second kappa shape index (κ2) is 6.43. The van der Waals surface area contributed by atoms with E-state index >= 15 is 0 Å². The third kappa shape index (κ3) is 4.32. The van der Waals surface area contributed by atoms with E-state index in [2.05, 4.69) is 23.6 Å². The number of rotatable bonds is 4. The Balaban J connectivity index is 2.34. The summed E-state index contributed by atoms with van der Waals surface area (Å²) < 4.78 is 11.8. The molecule has 15 heavy (non-hydrogen) atoms. The fraction of sp³-hybridized carbons (Fsp3) is 0.727. The lowest BCUT2D eigenvalue weighted by Crippen LogP contribution is -2.42. The Labute approximate surface area is 90.1 Å². The third-order valence-electron chi connectivity index (χ3n) is 2.60. The van der Waals surface area contributed by atoms with E-state index in [1.54, 1.807) is 0 Å². The predicted molar refractivity (Wildman–Crippen MR) is 58.5 cm³/mol. The molecule has 0 spiro atoms. The minimum absolute atomic E-state index is 0.0862. The van der Waals surface area contributed by atoms with Gasteiger partial charge >= 0.3 is 6.03 Å². The van der Waals surface area contributed by atoms with Gasteiger partial charge < -0.3 is 10.6 Å². The zero-order chi connectivity index (χ0) is 11.1. The minimum Gasteiger partial charge on any atom is -0.336 e. The molecule has 1 atom stereocenters. The number of allylic oxidation sites excluding steroid dienone is 1. The number of hydrogen-bond donors (Lipinski definition) is 2. The average molecular weight is 214 g/mol. The number of amides is 2. The molecular formula is C11H19FN2O. The van der Waals surface area contributed by atoms with Crippen LogP contribution in [0.25, 0.3) is 0 Å². The maximum Gasteiger partial charge on any atom is 0.315 e. The first kappa shape index (κ1) is 12.0. The van der Waals surface area contributed by atoms with Gasteiger partial charge in [-0.2, -0.15) is 0 Å². The first-order valence-corrected chi connectivity index (χ1v) is 5.56.